The molecule has 92 valence electrons. The molecule has 0 aromatic carbocycles. The Kier molecular flexibility index (Phi) is 4.09. The zero-order chi connectivity index (χ0) is 13.0. The molecule has 0 aromatic heterocycles. The summed E-state index contributed by atoms with van der Waals surface area (Å²) in [5.74, 6) is -2.12. The highest BCUT2D eigenvalue weighted by Crippen LogP contribution is 2.25. The normalized spacial score (nSPS) is 19.5. The molecule has 0 spiro atoms. The molecule has 1 aliphatic rings. The van der Waals surface area contributed by atoms with Crippen molar-refractivity contribution in [1.82, 2.24) is 0 Å². The van der Waals surface area contributed by atoms with Crippen LogP contribution in [0.1, 0.15) is 6.92 Å². The third-order valence-electron chi connectivity index (χ3n) is 2.44. The van der Waals surface area contributed by atoms with Crippen LogP contribution in [0.25, 0.3) is 0 Å². The van der Waals surface area contributed by atoms with E-state index < -0.39 is 17.7 Å². The Morgan fingerprint density at radius 3 is 2.35 bits per heavy atom. The highest BCUT2D eigenvalue weighted by Gasteiger charge is 2.27. The molecular formula is C12H14O5. The van der Waals surface area contributed by atoms with Crippen LogP contribution < -0.4 is 0 Å². The van der Waals surface area contributed by atoms with Crippen molar-refractivity contribution in [3.05, 3.63) is 35.1 Å². The number of hydrogen-bond donors (Lipinski definition) is 1. The van der Waals surface area contributed by atoms with E-state index in [4.69, 9.17) is 0 Å². The molecule has 0 bridgehead atoms. The van der Waals surface area contributed by atoms with E-state index in [2.05, 4.69) is 9.47 Å². The third-order valence-corrected chi connectivity index (χ3v) is 2.44. The summed E-state index contributed by atoms with van der Waals surface area (Å²) in [5, 5.41) is 9.95. The molecule has 1 aliphatic carbocycles. The van der Waals surface area contributed by atoms with E-state index in [-0.39, 0.29) is 17.1 Å². The van der Waals surface area contributed by atoms with Gasteiger partial charge >= 0.3 is 11.9 Å². The fourth-order valence-corrected chi connectivity index (χ4v) is 1.52. The van der Waals surface area contributed by atoms with Gasteiger partial charge in [-0.05, 0) is 6.08 Å². The highest BCUT2D eigenvalue weighted by molar-refractivity contribution is 5.98. The van der Waals surface area contributed by atoms with Gasteiger partial charge in [0.25, 0.3) is 0 Å². The topological polar surface area (TPSA) is 72.8 Å². The van der Waals surface area contributed by atoms with Gasteiger partial charge in [0.2, 0.25) is 0 Å². The van der Waals surface area contributed by atoms with Gasteiger partial charge in [-0.25, -0.2) is 9.59 Å². The maximum absolute atomic E-state index is 11.5. The molecule has 5 nitrogen and oxygen atoms in total. The molecule has 0 radical (unpaired) electrons. The summed E-state index contributed by atoms with van der Waals surface area (Å²) < 4.78 is 9.10. The van der Waals surface area contributed by atoms with Crippen LogP contribution in [0.15, 0.2) is 35.1 Å². The minimum absolute atomic E-state index is 0.0397. The van der Waals surface area contributed by atoms with Gasteiger partial charge in [-0.1, -0.05) is 19.1 Å². The Bertz CT molecular complexity index is 428. The number of methoxy groups -OCH3 is 2. The molecule has 1 N–H and O–H groups in total. The molecule has 0 aliphatic heterocycles. The second-order valence-corrected chi connectivity index (χ2v) is 3.50. The summed E-state index contributed by atoms with van der Waals surface area (Å²) in [5.41, 5.74) is -0.0219. The summed E-state index contributed by atoms with van der Waals surface area (Å²) >= 11 is 0. The molecule has 1 rings (SSSR count). The van der Waals surface area contributed by atoms with Crippen LogP contribution in [0.3, 0.4) is 0 Å². The summed E-state index contributed by atoms with van der Waals surface area (Å²) in [4.78, 5) is 23.0. The van der Waals surface area contributed by atoms with Crippen LogP contribution in [0, 0.1) is 5.92 Å². The van der Waals surface area contributed by atoms with Gasteiger partial charge < -0.3 is 14.6 Å². The highest BCUT2D eigenvalue weighted by atomic mass is 16.5. The van der Waals surface area contributed by atoms with Crippen LogP contribution in [-0.4, -0.2) is 31.3 Å². The van der Waals surface area contributed by atoms with Crippen LogP contribution >= 0.6 is 0 Å². The Balaban J connectivity index is 3.30. The summed E-state index contributed by atoms with van der Waals surface area (Å²) in [6, 6.07) is 0. The van der Waals surface area contributed by atoms with Gasteiger partial charge in [0.15, 0.2) is 0 Å². The van der Waals surface area contributed by atoms with Crippen molar-refractivity contribution < 1.29 is 24.2 Å². The van der Waals surface area contributed by atoms with Gasteiger partial charge in [-0.15, -0.1) is 0 Å². The predicted octanol–water partition coefficient (Wildman–Crippen LogP) is 1.28. The first kappa shape index (κ1) is 13.0. The molecule has 5 heteroatoms. The zero-order valence-electron chi connectivity index (χ0n) is 9.89. The number of esters is 2. The van der Waals surface area contributed by atoms with Crippen molar-refractivity contribution >= 4 is 11.9 Å². The molecule has 0 fully saturated rings. The van der Waals surface area contributed by atoms with Crippen LogP contribution in [-0.2, 0) is 19.1 Å². The van der Waals surface area contributed by atoms with Crippen LogP contribution in [0.2, 0.25) is 0 Å². The lowest BCUT2D eigenvalue weighted by Crippen LogP contribution is -2.16. The zero-order valence-corrected chi connectivity index (χ0v) is 9.89. The Morgan fingerprint density at radius 2 is 1.82 bits per heavy atom. The number of aliphatic hydroxyl groups is 1. The van der Waals surface area contributed by atoms with Gasteiger partial charge in [-0.2, -0.15) is 0 Å². The van der Waals surface area contributed by atoms with Crippen molar-refractivity contribution in [2.24, 2.45) is 5.92 Å². The lowest BCUT2D eigenvalue weighted by molar-refractivity contribution is -0.136. The number of ether oxygens (including phenoxy) is 2. The molecule has 0 saturated heterocycles. The van der Waals surface area contributed by atoms with Gasteiger partial charge in [0, 0.05) is 5.92 Å². The first-order valence-corrected chi connectivity index (χ1v) is 5.01. The second-order valence-electron chi connectivity index (χ2n) is 3.50. The first-order chi connectivity index (χ1) is 8.02. The first-order valence-electron chi connectivity index (χ1n) is 5.01. The molecular weight excluding hydrogens is 224 g/mol. The molecule has 1 unspecified atom stereocenters. The lowest BCUT2D eigenvalue weighted by Gasteiger charge is -2.12. The van der Waals surface area contributed by atoms with Gasteiger partial charge in [0.1, 0.15) is 11.3 Å². The minimum Gasteiger partial charge on any atom is -0.506 e. The predicted molar refractivity (Wildman–Crippen MR) is 60.1 cm³/mol. The number of carbonyl (C=O) groups excluding carboxylic acids is 2. The van der Waals surface area contributed by atoms with Crippen molar-refractivity contribution in [3.8, 4) is 0 Å². The molecule has 0 heterocycles. The van der Waals surface area contributed by atoms with Crippen LogP contribution in [0.5, 0.6) is 0 Å². The Labute approximate surface area is 99.0 Å². The van der Waals surface area contributed by atoms with E-state index in [1.54, 1.807) is 19.1 Å². The second kappa shape index (κ2) is 5.34. The van der Waals surface area contributed by atoms with Crippen molar-refractivity contribution in [2.45, 2.75) is 6.92 Å². The maximum atomic E-state index is 11.5. The van der Waals surface area contributed by atoms with E-state index in [1.807, 2.05) is 0 Å². The fraction of sp³-hybridized carbons (Fsp3) is 0.333. The van der Waals surface area contributed by atoms with E-state index in [1.165, 1.54) is 20.3 Å². The quantitative estimate of drug-likeness (QED) is 0.733. The molecule has 0 amide bonds. The summed E-state index contributed by atoms with van der Waals surface area (Å²) in [6.07, 6.45) is 4.66. The molecule has 1 atom stereocenters. The smallest absolute Gasteiger partial charge is 0.341 e. The van der Waals surface area contributed by atoms with Gasteiger partial charge in [0.05, 0.1) is 19.8 Å². The van der Waals surface area contributed by atoms with Crippen LogP contribution in [0.4, 0.5) is 0 Å². The number of rotatable bonds is 2. The Morgan fingerprint density at radius 1 is 1.24 bits per heavy atom. The summed E-state index contributed by atoms with van der Waals surface area (Å²) in [7, 11) is 2.41. The van der Waals surface area contributed by atoms with Crippen molar-refractivity contribution in [3.63, 3.8) is 0 Å². The average molecular weight is 238 g/mol. The number of carbonyl (C=O) groups is 2. The van der Waals surface area contributed by atoms with Crippen molar-refractivity contribution in [2.75, 3.05) is 14.2 Å². The van der Waals surface area contributed by atoms with E-state index >= 15 is 0 Å². The van der Waals surface area contributed by atoms with E-state index in [9.17, 15) is 14.7 Å². The summed E-state index contributed by atoms with van der Waals surface area (Å²) in [6.45, 7) is 1.72. The average Bonchev–Trinajstić information content (AvgIpc) is 2.46. The number of aliphatic hydroxyl groups excluding tert-OH is 1. The van der Waals surface area contributed by atoms with E-state index in [0.717, 1.165) is 0 Å². The monoisotopic (exact) mass is 238 g/mol. The molecule has 17 heavy (non-hydrogen) atoms. The SMILES string of the molecule is COC(=O)C1=CC=CC(C)C(C(=O)OC)=C1O. The third kappa shape index (κ3) is 2.55. The largest absolute Gasteiger partial charge is 0.506 e. The van der Waals surface area contributed by atoms with Crippen molar-refractivity contribution in [1.29, 1.82) is 0 Å². The number of allylic oxidation sites excluding steroid dienone is 3. The molecule has 0 aromatic rings. The Hall–Kier alpha value is -2.04. The maximum Gasteiger partial charge on any atom is 0.341 e. The minimum atomic E-state index is -0.706. The fourth-order valence-electron chi connectivity index (χ4n) is 1.52. The standard InChI is InChI=1S/C12H14O5/c1-7-5-4-6-8(11(14)16-2)10(13)9(7)12(15)17-3/h4-7,13H,1-3H3. The van der Waals surface area contributed by atoms with Gasteiger partial charge in [-0.3, -0.25) is 0 Å². The number of hydrogen-bond acceptors (Lipinski definition) is 5. The lowest BCUT2D eigenvalue weighted by atomic mass is 9.98. The van der Waals surface area contributed by atoms with E-state index in [0.29, 0.717) is 0 Å². The molecule has 0 saturated carbocycles.